The Morgan fingerprint density at radius 1 is 0.444 bits per heavy atom. The molecule has 0 N–H and O–H groups in total. The summed E-state index contributed by atoms with van der Waals surface area (Å²) in [6.45, 7) is 0. The van der Waals surface area contributed by atoms with E-state index in [-0.39, 0.29) is 15.4 Å². The molecule has 0 fully saturated rings. The average Bonchev–Trinajstić information content (AvgIpc) is 2.76. The monoisotopic (exact) mass is 491 g/mol. The van der Waals surface area contributed by atoms with Crippen molar-refractivity contribution in [2.24, 2.45) is 0 Å². The summed E-state index contributed by atoms with van der Waals surface area (Å²) in [5.74, 6) is 0. The molecule has 3 heteroatoms. The second-order valence-electron chi connectivity index (χ2n) is 5.90. The molecule has 0 aliphatic carbocycles. The predicted molar refractivity (Wildman–Crippen MR) is 122 cm³/mol. The second kappa shape index (κ2) is 11.2. The van der Waals surface area contributed by atoms with Crippen LogP contribution >= 0.6 is 10.0 Å². The third kappa shape index (κ3) is 6.73. The zero-order valence-corrected chi connectivity index (χ0v) is 19.9. The zero-order valence-electron chi connectivity index (χ0n) is 14.9. The summed E-state index contributed by atoms with van der Waals surface area (Å²) >= 11 is -1.83. The Hall–Kier alpha value is -1.74. The molecule has 0 saturated carbocycles. The Morgan fingerprint density at radius 3 is 1.07 bits per heavy atom. The summed E-state index contributed by atoms with van der Waals surface area (Å²) in [5.41, 5.74) is 0. The van der Waals surface area contributed by atoms with E-state index in [2.05, 4.69) is 84.9 Å². The minimum absolute atomic E-state index is 0.108. The van der Waals surface area contributed by atoms with Crippen LogP contribution in [0.5, 0.6) is 0 Å². The van der Waals surface area contributed by atoms with Crippen LogP contribution in [0.4, 0.5) is 0 Å². The summed E-state index contributed by atoms with van der Waals surface area (Å²) in [6.07, 6.45) is 0. The van der Waals surface area contributed by atoms with Crippen molar-refractivity contribution >= 4 is 56.4 Å². The fourth-order valence-electron chi connectivity index (χ4n) is 2.55. The van der Waals surface area contributed by atoms with E-state index in [4.69, 9.17) is 10.0 Å². The SMILES string of the molecule is [Cl][Ge]([c]1ccccc1)[c]1ccccc1.c1cc[c]([Ge][c]2ccccc2)cc1. The van der Waals surface area contributed by atoms with Gasteiger partial charge in [-0.3, -0.25) is 0 Å². The van der Waals surface area contributed by atoms with Crippen LogP contribution < -0.4 is 17.6 Å². The van der Waals surface area contributed by atoms with Gasteiger partial charge in [-0.15, -0.1) is 0 Å². The van der Waals surface area contributed by atoms with Gasteiger partial charge in [0, 0.05) is 0 Å². The van der Waals surface area contributed by atoms with Crippen molar-refractivity contribution in [3.8, 4) is 0 Å². The fraction of sp³-hybridized carbons (Fsp3) is 0. The van der Waals surface area contributed by atoms with Crippen molar-refractivity contribution < 1.29 is 0 Å². The van der Waals surface area contributed by atoms with E-state index >= 15 is 0 Å². The number of hydrogen-bond donors (Lipinski definition) is 0. The molecular formula is C24H20ClGe2. The van der Waals surface area contributed by atoms with Gasteiger partial charge < -0.3 is 0 Å². The van der Waals surface area contributed by atoms with Gasteiger partial charge in [-0.1, -0.05) is 0 Å². The van der Waals surface area contributed by atoms with Crippen LogP contribution in [0, 0.1) is 0 Å². The molecule has 4 rings (SSSR count). The maximum atomic E-state index is 6.50. The van der Waals surface area contributed by atoms with Gasteiger partial charge >= 0.3 is 178 Å². The van der Waals surface area contributed by atoms with Crippen LogP contribution in [-0.4, -0.2) is 28.9 Å². The Balaban J connectivity index is 0.000000156. The van der Waals surface area contributed by atoms with Crippen LogP contribution in [0.1, 0.15) is 0 Å². The first-order valence-corrected chi connectivity index (χ1v) is 15.8. The van der Waals surface area contributed by atoms with Crippen LogP contribution in [-0.2, 0) is 0 Å². The summed E-state index contributed by atoms with van der Waals surface area (Å²) in [6, 6.07) is 42.2. The topological polar surface area (TPSA) is 0 Å². The van der Waals surface area contributed by atoms with Gasteiger partial charge in [0.05, 0.1) is 0 Å². The van der Waals surface area contributed by atoms with Gasteiger partial charge in [-0.25, -0.2) is 0 Å². The van der Waals surface area contributed by atoms with Crippen molar-refractivity contribution in [2.45, 2.75) is 0 Å². The normalized spacial score (nSPS) is 10.1. The molecular weight excluding hydrogens is 469 g/mol. The van der Waals surface area contributed by atoms with Gasteiger partial charge in [-0.05, 0) is 0 Å². The summed E-state index contributed by atoms with van der Waals surface area (Å²) in [7, 11) is 6.50. The molecule has 0 nitrogen and oxygen atoms in total. The van der Waals surface area contributed by atoms with Crippen molar-refractivity contribution in [1.29, 1.82) is 0 Å². The van der Waals surface area contributed by atoms with Crippen molar-refractivity contribution in [3.05, 3.63) is 121 Å². The third-order valence-electron chi connectivity index (χ3n) is 3.89. The predicted octanol–water partition coefficient (Wildman–Crippen LogP) is 3.37. The number of hydrogen-bond acceptors (Lipinski definition) is 0. The summed E-state index contributed by atoms with van der Waals surface area (Å²) in [5, 5.41) is 0. The zero-order chi connectivity index (χ0) is 18.7. The molecule has 0 saturated heterocycles. The first kappa shape index (κ1) is 20.0. The molecule has 3 radical (unpaired) electrons. The Morgan fingerprint density at radius 2 is 0.741 bits per heavy atom. The molecule has 0 amide bonds. The number of rotatable bonds is 4. The number of benzene rings is 4. The molecule has 0 aliphatic heterocycles. The molecule has 131 valence electrons. The molecule has 0 atom stereocenters. The molecule has 0 heterocycles. The Bertz CT molecular complexity index is 821. The van der Waals surface area contributed by atoms with Crippen LogP contribution in [0.2, 0.25) is 0 Å². The van der Waals surface area contributed by atoms with Crippen LogP contribution in [0.3, 0.4) is 0 Å². The van der Waals surface area contributed by atoms with Gasteiger partial charge in [0.25, 0.3) is 0 Å². The second-order valence-corrected chi connectivity index (χ2v) is 14.6. The Kier molecular flexibility index (Phi) is 8.28. The van der Waals surface area contributed by atoms with E-state index in [0.717, 1.165) is 0 Å². The van der Waals surface area contributed by atoms with E-state index in [9.17, 15) is 0 Å². The van der Waals surface area contributed by atoms with Gasteiger partial charge in [0.15, 0.2) is 0 Å². The maximum absolute atomic E-state index is 6.50. The molecule has 0 spiro atoms. The molecule has 0 aliphatic rings. The van der Waals surface area contributed by atoms with E-state index < -0.39 is 13.4 Å². The van der Waals surface area contributed by atoms with Crippen molar-refractivity contribution in [2.75, 3.05) is 0 Å². The Labute approximate surface area is 177 Å². The van der Waals surface area contributed by atoms with E-state index in [1.54, 1.807) is 0 Å². The standard InChI is InChI=1S/C12H10ClGe.C12H10Ge/c13-14(11-7-3-1-4-8-11)12-9-5-2-6-10-12;1-3-7-11(8-4-1)13-12-9-5-2-6-10-12/h1-10H;1-10H. The fourth-order valence-corrected chi connectivity index (χ4v) is 8.80. The van der Waals surface area contributed by atoms with Gasteiger partial charge in [0.2, 0.25) is 0 Å². The van der Waals surface area contributed by atoms with Crippen LogP contribution in [0.25, 0.3) is 0 Å². The first-order valence-electron chi connectivity index (χ1n) is 8.83. The van der Waals surface area contributed by atoms with Crippen molar-refractivity contribution in [3.63, 3.8) is 0 Å². The molecule has 4 aromatic rings. The quantitative estimate of drug-likeness (QED) is 0.386. The molecule has 0 unspecified atom stereocenters. The first-order chi connectivity index (χ1) is 13.3. The number of halogens is 1. The molecule has 4 aromatic carbocycles. The van der Waals surface area contributed by atoms with Gasteiger partial charge in [0.1, 0.15) is 0 Å². The summed E-state index contributed by atoms with van der Waals surface area (Å²) in [4.78, 5) is 0. The molecule has 0 aromatic heterocycles. The van der Waals surface area contributed by atoms with E-state index in [1.807, 2.05) is 36.4 Å². The van der Waals surface area contributed by atoms with E-state index in [0.29, 0.717) is 0 Å². The molecule has 27 heavy (non-hydrogen) atoms. The third-order valence-corrected chi connectivity index (χ3v) is 12.3. The minimum atomic E-state index is -1.73. The molecule has 0 bridgehead atoms. The summed E-state index contributed by atoms with van der Waals surface area (Å²) < 4.78 is 5.60. The van der Waals surface area contributed by atoms with Gasteiger partial charge in [-0.2, -0.15) is 0 Å². The van der Waals surface area contributed by atoms with Crippen molar-refractivity contribution in [1.82, 2.24) is 0 Å². The average molecular weight is 489 g/mol. The van der Waals surface area contributed by atoms with E-state index in [1.165, 1.54) is 17.6 Å². The van der Waals surface area contributed by atoms with Crippen LogP contribution in [0.15, 0.2) is 121 Å².